The summed E-state index contributed by atoms with van der Waals surface area (Å²) in [7, 11) is -2.15. The molecule has 9 heteroatoms. The smallest absolute Gasteiger partial charge is 0.259 e. The standard InChI is InChI=1S/C18H19BrCl2N2O3S/c1-4-23(5-2)27(25,26)13-7-8-15(20)14(11-13)18(24)22(3)17-9-6-12(19)10-16(17)21/h6-11H,4-5H2,1-3H3. The van der Waals surface area contributed by atoms with E-state index in [9.17, 15) is 13.2 Å². The molecule has 0 aliphatic carbocycles. The third kappa shape index (κ3) is 4.66. The Morgan fingerprint density at radius 2 is 1.67 bits per heavy atom. The molecular weight excluding hydrogens is 475 g/mol. The second-order valence-corrected chi connectivity index (χ2v) is 9.36. The van der Waals surface area contributed by atoms with Crippen LogP contribution in [0.25, 0.3) is 0 Å². The molecule has 0 bridgehead atoms. The average molecular weight is 494 g/mol. The Kier molecular flexibility index (Phi) is 7.33. The molecule has 0 N–H and O–H groups in total. The van der Waals surface area contributed by atoms with Gasteiger partial charge in [-0.1, -0.05) is 53.0 Å². The highest BCUT2D eigenvalue weighted by Gasteiger charge is 2.25. The molecule has 0 atom stereocenters. The van der Waals surface area contributed by atoms with Crippen LogP contribution >= 0.6 is 39.1 Å². The second-order valence-electron chi connectivity index (χ2n) is 5.69. The van der Waals surface area contributed by atoms with E-state index >= 15 is 0 Å². The summed E-state index contributed by atoms with van der Waals surface area (Å²) in [5.41, 5.74) is 0.573. The maximum atomic E-state index is 13.0. The number of sulfonamides is 1. The van der Waals surface area contributed by atoms with E-state index in [4.69, 9.17) is 23.2 Å². The van der Waals surface area contributed by atoms with Crippen molar-refractivity contribution < 1.29 is 13.2 Å². The first-order chi connectivity index (χ1) is 12.6. The SMILES string of the molecule is CCN(CC)S(=O)(=O)c1ccc(Cl)c(C(=O)N(C)c2ccc(Br)cc2Cl)c1. The zero-order valence-electron chi connectivity index (χ0n) is 15.0. The number of anilines is 1. The van der Waals surface area contributed by atoms with Crippen molar-refractivity contribution in [2.24, 2.45) is 0 Å². The van der Waals surface area contributed by atoms with Gasteiger partial charge in [0.05, 0.1) is 26.2 Å². The van der Waals surface area contributed by atoms with Gasteiger partial charge in [0.1, 0.15) is 0 Å². The molecule has 0 aliphatic heterocycles. The summed E-state index contributed by atoms with van der Waals surface area (Å²) >= 11 is 15.7. The summed E-state index contributed by atoms with van der Waals surface area (Å²) in [6, 6.07) is 9.25. The Bertz CT molecular complexity index is 963. The van der Waals surface area contributed by atoms with Crippen LogP contribution in [0.5, 0.6) is 0 Å². The molecule has 0 heterocycles. The van der Waals surface area contributed by atoms with E-state index < -0.39 is 15.9 Å². The molecule has 0 unspecified atom stereocenters. The van der Waals surface area contributed by atoms with E-state index in [-0.39, 0.29) is 15.5 Å². The van der Waals surface area contributed by atoms with Gasteiger partial charge in [0.15, 0.2) is 0 Å². The van der Waals surface area contributed by atoms with Crippen molar-refractivity contribution in [1.82, 2.24) is 4.31 Å². The normalized spacial score (nSPS) is 11.7. The average Bonchev–Trinajstić information content (AvgIpc) is 2.61. The van der Waals surface area contributed by atoms with E-state index in [1.807, 2.05) is 0 Å². The van der Waals surface area contributed by atoms with Gasteiger partial charge in [-0.2, -0.15) is 4.31 Å². The summed E-state index contributed by atoms with van der Waals surface area (Å²) in [6.07, 6.45) is 0. The molecule has 146 valence electrons. The maximum absolute atomic E-state index is 13.0. The van der Waals surface area contributed by atoms with Crippen molar-refractivity contribution in [3.05, 3.63) is 56.5 Å². The highest BCUT2D eigenvalue weighted by Crippen LogP contribution is 2.31. The van der Waals surface area contributed by atoms with E-state index in [2.05, 4.69) is 15.9 Å². The van der Waals surface area contributed by atoms with Crippen LogP contribution < -0.4 is 4.90 Å². The lowest BCUT2D eigenvalue weighted by atomic mass is 10.2. The fourth-order valence-electron chi connectivity index (χ4n) is 2.58. The van der Waals surface area contributed by atoms with Crippen molar-refractivity contribution >= 4 is 60.7 Å². The lowest BCUT2D eigenvalue weighted by molar-refractivity contribution is 0.0993. The summed E-state index contributed by atoms with van der Waals surface area (Å²) in [5.74, 6) is -0.458. The summed E-state index contributed by atoms with van der Waals surface area (Å²) in [6.45, 7) is 4.18. The minimum Gasteiger partial charge on any atom is -0.310 e. The predicted molar refractivity (Wildman–Crippen MR) is 113 cm³/mol. The van der Waals surface area contributed by atoms with Crippen molar-refractivity contribution in [3.8, 4) is 0 Å². The van der Waals surface area contributed by atoms with E-state index in [1.54, 1.807) is 39.1 Å². The quantitative estimate of drug-likeness (QED) is 0.564. The van der Waals surface area contributed by atoms with Gasteiger partial charge in [-0.05, 0) is 36.4 Å². The number of rotatable bonds is 6. The Morgan fingerprint density at radius 1 is 1.04 bits per heavy atom. The molecule has 0 fully saturated rings. The number of benzene rings is 2. The van der Waals surface area contributed by atoms with Gasteiger partial charge in [-0.25, -0.2) is 8.42 Å². The molecule has 0 saturated carbocycles. The fraction of sp³-hybridized carbons (Fsp3) is 0.278. The Morgan fingerprint density at radius 3 is 2.22 bits per heavy atom. The highest BCUT2D eigenvalue weighted by atomic mass is 79.9. The van der Waals surface area contributed by atoms with Crippen LogP contribution in [0.3, 0.4) is 0 Å². The number of carbonyl (C=O) groups is 1. The molecule has 27 heavy (non-hydrogen) atoms. The summed E-state index contributed by atoms with van der Waals surface area (Å²) in [5, 5.41) is 0.543. The van der Waals surface area contributed by atoms with E-state index in [0.717, 1.165) is 4.47 Å². The topological polar surface area (TPSA) is 57.7 Å². The monoisotopic (exact) mass is 492 g/mol. The number of carbonyl (C=O) groups excluding carboxylic acids is 1. The van der Waals surface area contributed by atoms with Gasteiger partial charge in [0.2, 0.25) is 10.0 Å². The number of amides is 1. The minimum atomic E-state index is -3.71. The maximum Gasteiger partial charge on any atom is 0.259 e. The van der Waals surface area contributed by atoms with Crippen LogP contribution in [0.4, 0.5) is 5.69 Å². The Balaban J connectivity index is 2.48. The first-order valence-corrected chi connectivity index (χ1v) is 11.1. The molecule has 0 saturated heterocycles. The molecule has 0 aromatic heterocycles. The molecule has 1 amide bonds. The lowest BCUT2D eigenvalue weighted by Gasteiger charge is -2.21. The summed E-state index contributed by atoms with van der Waals surface area (Å²) in [4.78, 5) is 14.3. The van der Waals surface area contributed by atoms with Gasteiger partial charge in [-0.3, -0.25) is 4.79 Å². The number of nitrogens with zero attached hydrogens (tertiary/aromatic N) is 2. The third-order valence-electron chi connectivity index (χ3n) is 4.09. The number of hydrogen-bond acceptors (Lipinski definition) is 3. The predicted octanol–water partition coefficient (Wildman–Crippen LogP) is 5.06. The van der Waals surface area contributed by atoms with Gasteiger partial charge in [0, 0.05) is 24.6 Å². The van der Waals surface area contributed by atoms with E-state index in [1.165, 1.54) is 27.4 Å². The van der Waals surface area contributed by atoms with E-state index in [0.29, 0.717) is 23.8 Å². The molecular formula is C18H19BrCl2N2O3S. The highest BCUT2D eigenvalue weighted by molar-refractivity contribution is 9.10. The summed E-state index contributed by atoms with van der Waals surface area (Å²) < 4.78 is 27.6. The van der Waals surface area contributed by atoms with Gasteiger partial charge in [-0.15, -0.1) is 0 Å². The largest absolute Gasteiger partial charge is 0.310 e. The molecule has 2 aromatic carbocycles. The minimum absolute atomic E-state index is 0.0225. The van der Waals surface area contributed by atoms with Crippen LogP contribution in [0.2, 0.25) is 10.0 Å². The third-order valence-corrected chi connectivity index (χ3v) is 7.26. The van der Waals surface area contributed by atoms with Crippen LogP contribution in [-0.2, 0) is 10.0 Å². The Labute approximate surface area is 178 Å². The zero-order chi connectivity index (χ0) is 20.4. The van der Waals surface area contributed by atoms with Crippen molar-refractivity contribution in [1.29, 1.82) is 0 Å². The van der Waals surface area contributed by atoms with Crippen molar-refractivity contribution in [2.45, 2.75) is 18.7 Å². The molecule has 0 aliphatic rings. The van der Waals surface area contributed by atoms with Gasteiger partial charge < -0.3 is 4.90 Å². The van der Waals surface area contributed by atoms with Crippen molar-refractivity contribution in [3.63, 3.8) is 0 Å². The number of halogens is 3. The van der Waals surface area contributed by atoms with Gasteiger partial charge >= 0.3 is 0 Å². The van der Waals surface area contributed by atoms with Crippen LogP contribution in [0.15, 0.2) is 45.8 Å². The fourth-order valence-corrected chi connectivity index (χ4v) is 5.07. The zero-order valence-corrected chi connectivity index (χ0v) is 19.0. The van der Waals surface area contributed by atoms with Crippen molar-refractivity contribution in [2.75, 3.05) is 25.0 Å². The molecule has 2 rings (SSSR count). The lowest BCUT2D eigenvalue weighted by Crippen LogP contribution is -2.31. The first-order valence-electron chi connectivity index (χ1n) is 8.16. The Hall–Kier alpha value is -1.12. The van der Waals surface area contributed by atoms with Gasteiger partial charge in [0.25, 0.3) is 5.91 Å². The first kappa shape index (κ1) is 22.2. The van der Waals surface area contributed by atoms with Crippen LogP contribution in [-0.4, -0.2) is 38.8 Å². The second kappa shape index (κ2) is 8.92. The van der Waals surface area contributed by atoms with Crippen LogP contribution in [0, 0.1) is 0 Å². The molecule has 0 spiro atoms. The number of hydrogen-bond donors (Lipinski definition) is 0. The molecule has 0 radical (unpaired) electrons. The molecule has 5 nitrogen and oxygen atoms in total. The van der Waals surface area contributed by atoms with Crippen LogP contribution in [0.1, 0.15) is 24.2 Å². The molecule has 2 aromatic rings.